The standard InChI is InChI=1S/C12H17BrN4O.2ClH/c13-10-1-2-11(16-9-10)12(18)15-5-8-17-6-3-14-4-7-17;;/h1-2,9,14H,3-8H2,(H,15,18);2*1H. The third kappa shape index (κ3) is 6.37. The van der Waals surface area contributed by atoms with Crippen molar-refractivity contribution in [2.75, 3.05) is 39.3 Å². The van der Waals surface area contributed by atoms with Gasteiger partial charge in [0, 0.05) is 49.9 Å². The van der Waals surface area contributed by atoms with E-state index in [-0.39, 0.29) is 30.7 Å². The highest BCUT2D eigenvalue weighted by Crippen LogP contribution is 2.07. The van der Waals surface area contributed by atoms with E-state index in [4.69, 9.17) is 0 Å². The van der Waals surface area contributed by atoms with Gasteiger partial charge in [0.05, 0.1) is 0 Å². The lowest BCUT2D eigenvalue weighted by molar-refractivity contribution is 0.0942. The molecule has 0 saturated carbocycles. The Morgan fingerprint density at radius 1 is 1.35 bits per heavy atom. The van der Waals surface area contributed by atoms with Gasteiger partial charge in [-0.2, -0.15) is 0 Å². The summed E-state index contributed by atoms with van der Waals surface area (Å²) in [4.78, 5) is 18.2. The highest BCUT2D eigenvalue weighted by atomic mass is 79.9. The summed E-state index contributed by atoms with van der Waals surface area (Å²) in [5.41, 5.74) is 0.457. The number of carbonyl (C=O) groups is 1. The molecular weight excluding hydrogens is 367 g/mol. The molecule has 0 atom stereocenters. The van der Waals surface area contributed by atoms with Gasteiger partial charge in [-0.25, -0.2) is 4.98 Å². The number of hydrogen-bond donors (Lipinski definition) is 2. The number of rotatable bonds is 4. The summed E-state index contributed by atoms with van der Waals surface area (Å²) >= 11 is 3.29. The lowest BCUT2D eigenvalue weighted by atomic mass is 10.3. The van der Waals surface area contributed by atoms with Gasteiger partial charge in [0.25, 0.3) is 5.91 Å². The lowest BCUT2D eigenvalue weighted by Gasteiger charge is -2.27. The third-order valence-electron chi connectivity index (χ3n) is 2.88. The number of amides is 1. The summed E-state index contributed by atoms with van der Waals surface area (Å²) in [5.74, 6) is -0.113. The van der Waals surface area contributed by atoms with Crippen molar-refractivity contribution in [3.05, 3.63) is 28.5 Å². The van der Waals surface area contributed by atoms with E-state index in [1.165, 1.54) is 0 Å². The van der Waals surface area contributed by atoms with Crippen LogP contribution in [0, 0.1) is 0 Å². The van der Waals surface area contributed by atoms with Crippen LogP contribution in [-0.2, 0) is 0 Å². The number of halogens is 3. The Labute approximate surface area is 139 Å². The Morgan fingerprint density at radius 2 is 2.05 bits per heavy atom. The first-order chi connectivity index (χ1) is 8.75. The second-order valence-electron chi connectivity index (χ2n) is 4.21. The largest absolute Gasteiger partial charge is 0.349 e. The molecule has 2 N–H and O–H groups in total. The smallest absolute Gasteiger partial charge is 0.269 e. The summed E-state index contributed by atoms with van der Waals surface area (Å²) < 4.78 is 0.875. The number of carbonyl (C=O) groups excluding carboxylic acids is 1. The molecule has 0 bridgehead atoms. The maximum absolute atomic E-state index is 11.8. The maximum Gasteiger partial charge on any atom is 0.269 e. The van der Waals surface area contributed by atoms with Crippen molar-refractivity contribution in [2.24, 2.45) is 0 Å². The summed E-state index contributed by atoms with van der Waals surface area (Å²) in [6.07, 6.45) is 1.63. The maximum atomic E-state index is 11.8. The van der Waals surface area contributed by atoms with E-state index in [0.717, 1.165) is 37.2 Å². The van der Waals surface area contributed by atoms with Gasteiger partial charge in [-0.1, -0.05) is 0 Å². The monoisotopic (exact) mass is 384 g/mol. The van der Waals surface area contributed by atoms with Crippen LogP contribution in [0.3, 0.4) is 0 Å². The van der Waals surface area contributed by atoms with Gasteiger partial charge in [-0.3, -0.25) is 9.69 Å². The zero-order chi connectivity index (χ0) is 12.8. The summed E-state index contributed by atoms with van der Waals surface area (Å²) in [5, 5.41) is 6.19. The Bertz CT molecular complexity index is 399. The van der Waals surface area contributed by atoms with E-state index in [1.54, 1.807) is 12.3 Å². The zero-order valence-corrected chi connectivity index (χ0v) is 14.2. The second-order valence-corrected chi connectivity index (χ2v) is 5.12. The molecule has 2 rings (SSSR count). The molecule has 0 radical (unpaired) electrons. The number of nitrogens with one attached hydrogen (secondary N) is 2. The first-order valence-corrected chi connectivity index (χ1v) is 6.88. The molecule has 1 aliphatic rings. The Balaban J connectivity index is 0.00000180. The molecule has 0 aromatic carbocycles. The SMILES string of the molecule is Cl.Cl.O=C(NCCN1CCNCC1)c1ccc(Br)cn1. The molecule has 1 fully saturated rings. The molecule has 20 heavy (non-hydrogen) atoms. The van der Waals surface area contributed by atoms with Crippen molar-refractivity contribution in [2.45, 2.75) is 0 Å². The van der Waals surface area contributed by atoms with Gasteiger partial charge in [0.2, 0.25) is 0 Å². The van der Waals surface area contributed by atoms with Crippen molar-refractivity contribution in [3.63, 3.8) is 0 Å². The quantitative estimate of drug-likeness (QED) is 0.820. The molecule has 0 unspecified atom stereocenters. The average molecular weight is 386 g/mol. The molecule has 1 aromatic rings. The number of aromatic nitrogens is 1. The van der Waals surface area contributed by atoms with Crippen LogP contribution in [0.25, 0.3) is 0 Å². The predicted octanol–water partition coefficient (Wildman–Crippen LogP) is 1.32. The molecular formula is C12H19BrCl2N4O. The lowest BCUT2D eigenvalue weighted by Crippen LogP contribution is -2.46. The molecule has 1 saturated heterocycles. The summed E-state index contributed by atoms with van der Waals surface area (Å²) in [6.45, 7) is 5.71. The zero-order valence-electron chi connectivity index (χ0n) is 11.0. The van der Waals surface area contributed by atoms with E-state index in [9.17, 15) is 4.79 Å². The fourth-order valence-electron chi connectivity index (χ4n) is 1.86. The molecule has 0 aliphatic carbocycles. The topological polar surface area (TPSA) is 57.3 Å². The van der Waals surface area contributed by atoms with Crippen molar-refractivity contribution in [3.8, 4) is 0 Å². The Morgan fingerprint density at radius 3 is 2.65 bits per heavy atom. The second kappa shape index (κ2) is 10.3. The summed E-state index contributed by atoms with van der Waals surface area (Å²) in [6, 6.07) is 3.53. The fraction of sp³-hybridized carbons (Fsp3) is 0.500. The van der Waals surface area contributed by atoms with Crippen LogP contribution in [0.5, 0.6) is 0 Å². The Kier molecular flexibility index (Phi) is 10.1. The van der Waals surface area contributed by atoms with E-state index < -0.39 is 0 Å². The highest BCUT2D eigenvalue weighted by Gasteiger charge is 2.10. The van der Waals surface area contributed by atoms with Gasteiger partial charge in [0.15, 0.2) is 0 Å². The average Bonchev–Trinajstić information content (AvgIpc) is 2.40. The van der Waals surface area contributed by atoms with Crippen LogP contribution in [-0.4, -0.2) is 55.1 Å². The number of nitrogens with zero attached hydrogens (tertiary/aromatic N) is 2. The van der Waals surface area contributed by atoms with Crippen LogP contribution in [0.2, 0.25) is 0 Å². The third-order valence-corrected chi connectivity index (χ3v) is 3.35. The first-order valence-electron chi connectivity index (χ1n) is 6.08. The number of pyridine rings is 1. The normalized spacial score (nSPS) is 14.8. The van der Waals surface area contributed by atoms with Crippen LogP contribution >= 0.6 is 40.7 Å². The fourth-order valence-corrected chi connectivity index (χ4v) is 2.10. The van der Waals surface area contributed by atoms with E-state index >= 15 is 0 Å². The van der Waals surface area contributed by atoms with Gasteiger partial charge < -0.3 is 10.6 Å². The van der Waals surface area contributed by atoms with Crippen LogP contribution in [0.1, 0.15) is 10.5 Å². The van der Waals surface area contributed by atoms with Crippen LogP contribution in [0.15, 0.2) is 22.8 Å². The minimum Gasteiger partial charge on any atom is -0.349 e. The van der Waals surface area contributed by atoms with Gasteiger partial charge in [-0.05, 0) is 28.1 Å². The van der Waals surface area contributed by atoms with Crippen LogP contribution in [0.4, 0.5) is 0 Å². The van der Waals surface area contributed by atoms with Crippen molar-refractivity contribution >= 4 is 46.7 Å². The molecule has 5 nitrogen and oxygen atoms in total. The molecule has 8 heteroatoms. The molecule has 2 heterocycles. The minimum absolute atomic E-state index is 0. The summed E-state index contributed by atoms with van der Waals surface area (Å²) in [7, 11) is 0. The first kappa shape index (κ1) is 19.6. The van der Waals surface area contributed by atoms with Gasteiger partial charge in [-0.15, -0.1) is 24.8 Å². The van der Waals surface area contributed by atoms with E-state index in [1.807, 2.05) is 6.07 Å². The predicted molar refractivity (Wildman–Crippen MR) is 88.1 cm³/mol. The van der Waals surface area contributed by atoms with E-state index in [2.05, 4.69) is 36.4 Å². The van der Waals surface area contributed by atoms with Gasteiger partial charge >= 0.3 is 0 Å². The number of hydrogen-bond acceptors (Lipinski definition) is 4. The van der Waals surface area contributed by atoms with Crippen molar-refractivity contribution < 1.29 is 4.79 Å². The van der Waals surface area contributed by atoms with E-state index in [0.29, 0.717) is 12.2 Å². The van der Waals surface area contributed by atoms with Gasteiger partial charge in [0.1, 0.15) is 5.69 Å². The Hall–Kier alpha value is -0.400. The molecule has 1 amide bonds. The highest BCUT2D eigenvalue weighted by molar-refractivity contribution is 9.10. The minimum atomic E-state index is -0.113. The molecule has 0 spiro atoms. The van der Waals surface area contributed by atoms with Crippen LogP contribution < -0.4 is 10.6 Å². The molecule has 1 aliphatic heterocycles. The number of piperazine rings is 1. The van der Waals surface area contributed by atoms with Crippen molar-refractivity contribution in [1.82, 2.24) is 20.5 Å². The molecule has 1 aromatic heterocycles. The molecule has 114 valence electrons. The van der Waals surface area contributed by atoms with Crippen molar-refractivity contribution in [1.29, 1.82) is 0 Å².